The second kappa shape index (κ2) is 23.0. The zero-order valence-corrected chi connectivity index (χ0v) is 35.1. The van der Waals surface area contributed by atoms with E-state index in [0.717, 1.165) is 54.7 Å². The van der Waals surface area contributed by atoms with Crippen LogP contribution in [0.3, 0.4) is 0 Å². The Morgan fingerprint density at radius 3 is 0.914 bits per heavy atom. The molecule has 0 aliphatic carbocycles. The summed E-state index contributed by atoms with van der Waals surface area (Å²) in [7, 11) is 0. The second-order valence-corrected chi connectivity index (χ2v) is 16.3. The van der Waals surface area contributed by atoms with Gasteiger partial charge in [-0.15, -0.1) is 0 Å². The summed E-state index contributed by atoms with van der Waals surface area (Å²) in [4.78, 5) is 52.8. The van der Waals surface area contributed by atoms with Crippen LogP contribution in [0.1, 0.15) is 197 Å². The Hall–Kier alpha value is -4.72. The lowest BCUT2D eigenvalue weighted by Crippen LogP contribution is -2.27. The number of benzene rings is 5. The molecule has 5 rings (SSSR count). The Morgan fingerprint density at radius 2 is 0.621 bits per heavy atom. The van der Waals surface area contributed by atoms with Crippen LogP contribution in [0, 0.1) is 0 Å². The van der Waals surface area contributed by atoms with E-state index >= 15 is 0 Å². The fraction of sp³-hybridized carbons (Fsp3) is 0.520. The predicted molar refractivity (Wildman–Crippen MR) is 239 cm³/mol. The van der Waals surface area contributed by atoms with Gasteiger partial charge in [0.25, 0.3) is 11.8 Å². The number of amides is 2. The van der Waals surface area contributed by atoms with E-state index in [4.69, 9.17) is 0 Å². The number of hydrogen-bond donors (Lipinski definition) is 4. The van der Waals surface area contributed by atoms with Gasteiger partial charge in [-0.1, -0.05) is 167 Å². The minimum atomic E-state index is -1.21. The van der Waals surface area contributed by atoms with Gasteiger partial charge in [-0.2, -0.15) is 0 Å². The van der Waals surface area contributed by atoms with Crippen molar-refractivity contribution in [2.75, 3.05) is 13.1 Å². The fourth-order valence-corrected chi connectivity index (χ4v) is 8.80. The third-order valence-corrected chi connectivity index (χ3v) is 12.0. The molecule has 0 heterocycles. The maximum absolute atomic E-state index is 14.0. The van der Waals surface area contributed by atoms with Crippen molar-refractivity contribution in [1.29, 1.82) is 0 Å². The summed E-state index contributed by atoms with van der Waals surface area (Å²) < 4.78 is 0. The largest absolute Gasteiger partial charge is 0.478 e. The lowest BCUT2D eigenvalue weighted by Gasteiger charge is -2.20. The van der Waals surface area contributed by atoms with Gasteiger partial charge >= 0.3 is 11.9 Å². The van der Waals surface area contributed by atoms with E-state index in [0.29, 0.717) is 45.8 Å². The molecule has 0 unspecified atom stereocenters. The molecule has 5 aromatic rings. The fourth-order valence-electron chi connectivity index (χ4n) is 8.80. The number of carboxylic acid groups (broad SMARTS) is 2. The Labute approximate surface area is 344 Å². The van der Waals surface area contributed by atoms with Crippen LogP contribution in [-0.2, 0) is 0 Å². The summed E-state index contributed by atoms with van der Waals surface area (Å²) in [5.41, 5.74) is 0.643. The normalized spacial score (nSPS) is 11.6. The number of carbonyl (C=O) groups excluding carboxylic acids is 2. The van der Waals surface area contributed by atoms with Gasteiger partial charge < -0.3 is 20.8 Å². The summed E-state index contributed by atoms with van der Waals surface area (Å²) in [6.45, 7) is 5.57. The summed E-state index contributed by atoms with van der Waals surface area (Å²) in [6, 6.07) is 13.5. The highest BCUT2D eigenvalue weighted by Gasteiger charge is 2.25. The van der Waals surface area contributed by atoms with Crippen LogP contribution in [0.5, 0.6) is 0 Å². The average molecular weight is 791 g/mol. The highest BCUT2D eigenvalue weighted by Crippen LogP contribution is 2.44. The average Bonchev–Trinajstić information content (AvgIpc) is 3.22. The minimum Gasteiger partial charge on any atom is -0.478 e. The molecule has 312 valence electrons. The maximum Gasteiger partial charge on any atom is 0.336 e. The molecule has 0 aliphatic rings. The number of aromatic carboxylic acids is 2. The molecule has 2 amide bonds. The number of carbonyl (C=O) groups is 4. The summed E-state index contributed by atoms with van der Waals surface area (Å²) in [6.07, 6.45) is 26.8. The van der Waals surface area contributed by atoms with Crippen molar-refractivity contribution in [3.8, 4) is 0 Å². The molecule has 4 N–H and O–H groups in total. The van der Waals surface area contributed by atoms with Gasteiger partial charge in [-0.05, 0) is 69.4 Å². The van der Waals surface area contributed by atoms with Crippen LogP contribution in [0.4, 0.5) is 0 Å². The van der Waals surface area contributed by atoms with E-state index in [1.54, 1.807) is 24.3 Å². The molecule has 0 spiro atoms. The monoisotopic (exact) mass is 790 g/mol. The Kier molecular flexibility index (Phi) is 17.6. The van der Waals surface area contributed by atoms with E-state index in [1.807, 2.05) is 12.1 Å². The lowest BCUT2D eigenvalue weighted by molar-refractivity contribution is 0.0695. The zero-order valence-electron chi connectivity index (χ0n) is 35.1. The smallest absolute Gasteiger partial charge is 0.336 e. The van der Waals surface area contributed by atoms with Gasteiger partial charge in [0.05, 0.1) is 11.1 Å². The van der Waals surface area contributed by atoms with Crippen molar-refractivity contribution in [2.24, 2.45) is 0 Å². The summed E-state index contributed by atoms with van der Waals surface area (Å²) in [5.74, 6) is -2.91. The van der Waals surface area contributed by atoms with E-state index in [9.17, 15) is 29.4 Å². The molecular formula is C50H66N2O6. The van der Waals surface area contributed by atoms with Gasteiger partial charge in [0.2, 0.25) is 0 Å². The number of hydrogen-bond acceptors (Lipinski definition) is 4. The van der Waals surface area contributed by atoms with E-state index in [-0.39, 0.29) is 28.3 Å². The SMILES string of the molecule is CCCCCCCCCCCCCNC(=O)c1ccc2c3ccc(C(=O)O)c4c(C(=O)O)ccc(c5ccc(C(=O)NCCCCCCCCCCCCC)c1c25)c43. The highest BCUT2D eigenvalue weighted by atomic mass is 16.4. The Bertz CT molecular complexity index is 2000. The van der Waals surface area contributed by atoms with Crippen LogP contribution >= 0.6 is 0 Å². The highest BCUT2D eigenvalue weighted by molar-refractivity contribution is 6.38. The number of carboxylic acids is 2. The molecule has 0 atom stereocenters. The number of unbranched alkanes of at least 4 members (excludes halogenated alkanes) is 20. The summed E-state index contributed by atoms with van der Waals surface area (Å²) in [5, 5.41) is 31.2. The molecule has 5 aromatic carbocycles. The van der Waals surface area contributed by atoms with Crippen LogP contribution in [0.15, 0.2) is 48.5 Å². The van der Waals surface area contributed by atoms with Crippen molar-refractivity contribution >= 4 is 66.8 Å². The van der Waals surface area contributed by atoms with Crippen molar-refractivity contribution in [3.63, 3.8) is 0 Å². The van der Waals surface area contributed by atoms with Gasteiger partial charge in [0.15, 0.2) is 0 Å². The first-order valence-electron chi connectivity index (χ1n) is 22.5. The standard InChI is InChI=1S/C50H66N2O6/c1-3-5-7-9-11-13-15-17-19-21-23-33-51-47(53)39-29-25-35-37-27-31-41(49(55)56)46-42(50(57)58)32-28-38(44(37)46)36-26-30-40(45(39)43(35)36)48(54)52-34-24-22-20-18-16-14-12-10-8-6-4-2/h25-32H,3-24,33-34H2,1-2H3,(H,51,53)(H,52,54)(H,55,56)(H,57,58). The molecule has 0 saturated heterocycles. The molecular weight excluding hydrogens is 725 g/mol. The molecule has 0 radical (unpaired) electrons. The topological polar surface area (TPSA) is 133 Å². The molecule has 8 heteroatoms. The molecule has 0 saturated carbocycles. The van der Waals surface area contributed by atoms with Gasteiger partial charge in [-0.3, -0.25) is 9.59 Å². The number of nitrogens with one attached hydrogen (secondary N) is 2. The first-order valence-corrected chi connectivity index (χ1v) is 22.5. The van der Waals surface area contributed by atoms with Crippen LogP contribution in [0.25, 0.3) is 43.1 Å². The van der Waals surface area contributed by atoms with Gasteiger partial charge in [0.1, 0.15) is 0 Å². The first kappa shape index (κ1) is 44.4. The summed E-state index contributed by atoms with van der Waals surface area (Å²) >= 11 is 0. The van der Waals surface area contributed by atoms with Crippen LogP contribution < -0.4 is 10.6 Å². The predicted octanol–water partition coefficient (Wildman–Crippen LogP) is 13.2. The third-order valence-electron chi connectivity index (χ3n) is 12.0. The van der Waals surface area contributed by atoms with Crippen LogP contribution in [0.2, 0.25) is 0 Å². The van der Waals surface area contributed by atoms with E-state index in [1.165, 1.54) is 115 Å². The molecule has 8 nitrogen and oxygen atoms in total. The molecule has 0 bridgehead atoms. The first-order chi connectivity index (χ1) is 28.3. The van der Waals surface area contributed by atoms with Crippen molar-refractivity contribution in [3.05, 3.63) is 70.8 Å². The van der Waals surface area contributed by atoms with E-state index in [2.05, 4.69) is 24.5 Å². The Balaban J connectivity index is 1.35. The second-order valence-electron chi connectivity index (χ2n) is 16.3. The van der Waals surface area contributed by atoms with Crippen molar-refractivity contribution < 1.29 is 29.4 Å². The van der Waals surface area contributed by atoms with Gasteiger partial charge in [-0.25, -0.2) is 9.59 Å². The van der Waals surface area contributed by atoms with Crippen molar-refractivity contribution in [2.45, 2.75) is 155 Å². The quantitative estimate of drug-likeness (QED) is 0.0226. The van der Waals surface area contributed by atoms with Crippen molar-refractivity contribution in [1.82, 2.24) is 10.6 Å². The van der Waals surface area contributed by atoms with Gasteiger partial charge in [0, 0.05) is 35.0 Å². The Morgan fingerprint density at radius 1 is 0.362 bits per heavy atom. The van der Waals surface area contributed by atoms with E-state index < -0.39 is 11.9 Å². The molecule has 58 heavy (non-hydrogen) atoms. The minimum absolute atomic E-state index is 0.0884. The maximum atomic E-state index is 14.0. The number of fused-ring (bicyclic) bond motifs is 2. The number of rotatable bonds is 28. The molecule has 0 aromatic heterocycles. The molecule has 0 fully saturated rings. The third kappa shape index (κ3) is 11.3. The molecule has 0 aliphatic heterocycles. The van der Waals surface area contributed by atoms with Crippen LogP contribution in [-0.4, -0.2) is 47.1 Å². The lowest BCUT2D eigenvalue weighted by atomic mass is 9.84. The zero-order chi connectivity index (χ0) is 41.3.